The average Bonchev–Trinajstić information content (AvgIpc) is 2.17. The fourth-order valence-electron chi connectivity index (χ4n) is 0.993. The Hall–Kier alpha value is -0.500. The van der Waals surface area contributed by atoms with E-state index in [2.05, 4.69) is 20.7 Å². The minimum Gasteiger partial charge on any atom is -0.392 e. The molecular weight excluding hydrogens is 312 g/mol. The number of nitrogens with one attached hydrogen (secondary N) is 1. The van der Waals surface area contributed by atoms with E-state index in [0.29, 0.717) is 4.47 Å². The van der Waals surface area contributed by atoms with E-state index in [1.54, 1.807) is 19.1 Å². The Labute approximate surface area is 108 Å². The van der Waals surface area contributed by atoms with Crippen molar-refractivity contribution in [2.45, 2.75) is 17.9 Å². The van der Waals surface area contributed by atoms with Crippen molar-refractivity contribution in [2.24, 2.45) is 5.73 Å². The molecule has 0 aromatic heterocycles. The number of sulfonamides is 1. The smallest absolute Gasteiger partial charge is 0.241 e. The number of halogens is 1. The summed E-state index contributed by atoms with van der Waals surface area (Å²) in [5.74, 6) is 0. The molecule has 1 atom stereocenters. The molecule has 1 aromatic carbocycles. The molecule has 88 valence electrons. The average molecular weight is 323 g/mol. The summed E-state index contributed by atoms with van der Waals surface area (Å²) in [5, 5.41) is 0. The summed E-state index contributed by atoms with van der Waals surface area (Å²) in [6.07, 6.45) is 0. The molecular formula is C9H11BrN2O2S2. The predicted molar refractivity (Wildman–Crippen MR) is 70.7 cm³/mol. The predicted octanol–water partition coefficient (Wildman–Crippen LogP) is 1.40. The van der Waals surface area contributed by atoms with Crippen molar-refractivity contribution in [3.8, 4) is 0 Å². The Bertz CT molecular complexity index is 502. The van der Waals surface area contributed by atoms with Gasteiger partial charge in [-0.3, -0.25) is 0 Å². The molecule has 0 heterocycles. The van der Waals surface area contributed by atoms with Gasteiger partial charge in [-0.2, -0.15) is 0 Å². The van der Waals surface area contributed by atoms with Gasteiger partial charge in [0.15, 0.2) is 0 Å². The molecule has 1 unspecified atom stereocenters. The number of nitrogens with two attached hydrogens (primary N) is 1. The van der Waals surface area contributed by atoms with Crippen LogP contribution in [0.5, 0.6) is 0 Å². The van der Waals surface area contributed by atoms with Gasteiger partial charge >= 0.3 is 0 Å². The number of thiocarbonyl (C=S) groups is 1. The highest BCUT2D eigenvalue weighted by Gasteiger charge is 2.18. The maximum absolute atomic E-state index is 11.9. The van der Waals surface area contributed by atoms with Crippen LogP contribution in [0.2, 0.25) is 0 Å². The van der Waals surface area contributed by atoms with Crippen LogP contribution in [0.25, 0.3) is 0 Å². The quantitative estimate of drug-likeness (QED) is 0.822. The normalized spacial score (nSPS) is 13.4. The van der Waals surface area contributed by atoms with E-state index in [4.69, 9.17) is 18.0 Å². The molecule has 4 nitrogen and oxygen atoms in total. The first-order valence-electron chi connectivity index (χ1n) is 4.40. The summed E-state index contributed by atoms with van der Waals surface area (Å²) in [7, 11) is -3.57. The zero-order valence-corrected chi connectivity index (χ0v) is 11.7. The van der Waals surface area contributed by atoms with Gasteiger partial charge in [0.25, 0.3) is 0 Å². The molecule has 1 rings (SSSR count). The van der Waals surface area contributed by atoms with Crippen LogP contribution in [0.3, 0.4) is 0 Å². The molecule has 0 aliphatic rings. The van der Waals surface area contributed by atoms with Crippen LogP contribution in [0.4, 0.5) is 0 Å². The molecule has 3 N–H and O–H groups in total. The molecule has 0 spiro atoms. The second-order valence-electron chi connectivity index (χ2n) is 3.20. The SMILES string of the molecule is CC(NS(=O)(=O)c1cccc(Br)c1)C(N)=S. The van der Waals surface area contributed by atoms with Crippen molar-refractivity contribution >= 4 is 43.2 Å². The highest BCUT2D eigenvalue weighted by Crippen LogP contribution is 2.16. The molecule has 0 aliphatic carbocycles. The number of hydrogen-bond donors (Lipinski definition) is 2. The summed E-state index contributed by atoms with van der Waals surface area (Å²) < 4.78 is 26.8. The van der Waals surface area contributed by atoms with Gasteiger partial charge in [0, 0.05) is 4.47 Å². The van der Waals surface area contributed by atoms with E-state index < -0.39 is 16.1 Å². The fraction of sp³-hybridized carbons (Fsp3) is 0.222. The Morgan fingerprint density at radius 2 is 2.19 bits per heavy atom. The summed E-state index contributed by atoms with van der Waals surface area (Å²) in [6.45, 7) is 1.60. The van der Waals surface area contributed by atoms with Gasteiger partial charge < -0.3 is 5.73 Å². The van der Waals surface area contributed by atoms with Gasteiger partial charge in [0.2, 0.25) is 10.0 Å². The Morgan fingerprint density at radius 3 is 2.69 bits per heavy atom. The van der Waals surface area contributed by atoms with Crippen LogP contribution in [0.15, 0.2) is 33.6 Å². The lowest BCUT2D eigenvalue weighted by molar-refractivity contribution is 0.579. The topological polar surface area (TPSA) is 72.2 Å². The Balaban J connectivity index is 2.99. The van der Waals surface area contributed by atoms with Gasteiger partial charge in [-0.05, 0) is 25.1 Å². The summed E-state index contributed by atoms with van der Waals surface area (Å²) in [6, 6.07) is 5.83. The standard InChI is InChI=1S/C9H11BrN2O2S2/c1-6(9(11)15)12-16(13,14)8-4-2-3-7(10)5-8/h2-6,12H,1H3,(H2,11,15). The van der Waals surface area contributed by atoms with Crippen molar-refractivity contribution in [2.75, 3.05) is 0 Å². The lowest BCUT2D eigenvalue weighted by Crippen LogP contribution is -2.41. The lowest BCUT2D eigenvalue weighted by Gasteiger charge is -2.12. The summed E-state index contributed by atoms with van der Waals surface area (Å²) in [5.41, 5.74) is 5.35. The third-order valence-electron chi connectivity index (χ3n) is 1.87. The van der Waals surface area contributed by atoms with Crippen LogP contribution < -0.4 is 10.5 Å². The van der Waals surface area contributed by atoms with Crippen molar-refractivity contribution < 1.29 is 8.42 Å². The lowest BCUT2D eigenvalue weighted by atomic mass is 10.4. The first kappa shape index (κ1) is 13.6. The number of rotatable bonds is 4. The number of hydrogen-bond acceptors (Lipinski definition) is 3. The van der Waals surface area contributed by atoms with Gasteiger partial charge in [-0.25, -0.2) is 13.1 Å². The Morgan fingerprint density at radius 1 is 1.56 bits per heavy atom. The van der Waals surface area contributed by atoms with Crippen LogP contribution in [-0.2, 0) is 10.0 Å². The zero-order valence-electron chi connectivity index (χ0n) is 8.48. The van der Waals surface area contributed by atoms with Gasteiger partial charge in [-0.1, -0.05) is 34.2 Å². The van der Waals surface area contributed by atoms with Crippen LogP contribution in [0.1, 0.15) is 6.92 Å². The van der Waals surface area contributed by atoms with E-state index in [1.807, 2.05) is 0 Å². The molecule has 0 aliphatic heterocycles. The highest BCUT2D eigenvalue weighted by molar-refractivity contribution is 9.10. The maximum atomic E-state index is 11.9. The zero-order chi connectivity index (χ0) is 12.3. The highest BCUT2D eigenvalue weighted by atomic mass is 79.9. The second-order valence-corrected chi connectivity index (χ2v) is 6.30. The monoisotopic (exact) mass is 322 g/mol. The summed E-state index contributed by atoms with van der Waals surface area (Å²) in [4.78, 5) is 0.281. The van der Waals surface area contributed by atoms with Crippen molar-refractivity contribution in [3.63, 3.8) is 0 Å². The van der Waals surface area contributed by atoms with Gasteiger partial charge in [-0.15, -0.1) is 0 Å². The molecule has 0 bridgehead atoms. The van der Waals surface area contributed by atoms with E-state index in [1.165, 1.54) is 12.1 Å². The van der Waals surface area contributed by atoms with Gasteiger partial charge in [0.05, 0.1) is 15.9 Å². The molecule has 0 saturated carbocycles. The van der Waals surface area contributed by atoms with Crippen LogP contribution in [0, 0.1) is 0 Å². The molecule has 0 radical (unpaired) electrons. The largest absolute Gasteiger partial charge is 0.392 e. The minimum atomic E-state index is -3.57. The summed E-state index contributed by atoms with van der Waals surface area (Å²) >= 11 is 7.91. The molecule has 1 aromatic rings. The van der Waals surface area contributed by atoms with E-state index in [-0.39, 0.29) is 9.88 Å². The molecule has 16 heavy (non-hydrogen) atoms. The Kier molecular flexibility index (Phi) is 4.43. The second kappa shape index (κ2) is 5.22. The van der Waals surface area contributed by atoms with E-state index >= 15 is 0 Å². The van der Waals surface area contributed by atoms with Crippen LogP contribution in [-0.4, -0.2) is 19.4 Å². The van der Waals surface area contributed by atoms with E-state index in [0.717, 1.165) is 0 Å². The first-order chi connectivity index (χ1) is 7.33. The van der Waals surface area contributed by atoms with Crippen LogP contribution >= 0.6 is 28.1 Å². The minimum absolute atomic E-state index is 0.110. The fourth-order valence-corrected chi connectivity index (χ4v) is 2.95. The maximum Gasteiger partial charge on any atom is 0.241 e. The number of benzene rings is 1. The third kappa shape index (κ3) is 3.51. The third-order valence-corrected chi connectivity index (χ3v) is 4.25. The molecule has 0 amide bonds. The van der Waals surface area contributed by atoms with Crippen molar-refractivity contribution in [1.29, 1.82) is 0 Å². The van der Waals surface area contributed by atoms with E-state index in [9.17, 15) is 8.42 Å². The van der Waals surface area contributed by atoms with Crippen molar-refractivity contribution in [3.05, 3.63) is 28.7 Å². The molecule has 0 fully saturated rings. The molecule has 7 heteroatoms. The van der Waals surface area contributed by atoms with Crippen molar-refractivity contribution in [1.82, 2.24) is 4.72 Å². The molecule has 0 saturated heterocycles. The first-order valence-corrected chi connectivity index (χ1v) is 7.08. The van der Waals surface area contributed by atoms with Gasteiger partial charge in [0.1, 0.15) is 0 Å².